The number of hydrogen-bond acceptors (Lipinski definition) is 2. The predicted octanol–water partition coefficient (Wildman–Crippen LogP) is 3.22. The average molecular weight is 308 g/mol. The molecule has 0 radical (unpaired) electrons. The van der Waals surface area contributed by atoms with Gasteiger partial charge in [-0.1, -0.05) is 29.8 Å². The molecule has 5 heteroatoms. The second kappa shape index (κ2) is 7.64. The maximum atomic E-state index is 12.7. The summed E-state index contributed by atoms with van der Waals surface area (Å²) in [5.74, 6) is 0.0750. The summed E-state index contributed by atoms with van der Waals surface area (Å²) >= 11 is 5.82. The van der Waals surface area contributed by atoms with Gasteiger partial charge in [-0.3, -0.25) is 4.79 Å². The highest BCUT2D eigenvalue weighted by atomic mass is 35.5. The molecule has 2 rings (SSSR count). The van der Waals surface area contributed by atoms with Crippen molar-refractivity contribution < 1.29 is 13.9 Å². The van der Waals surface area contributed by atoms with E-state index in [4.69, 9.17) is 16.3 Å². The van der Waals surface area contributed by atoms with Crippen LogP contribution in [0, 0.1) is 5.82 Å². The van der Waals surface area contributed by atoms with Gasteiger partial charge in [-0.15, -0.1) is 0 Å². The smallest absolute Gasteiger partial charge is 0.257 e. The van der Waals surface area contributed by atoms with Crippen LogP contribution in [-0.4, -0.2) is 19.1 Å². The Morgan fingerprint density at radius 1 is 1.19 bits per heavy atom. The van der Waals surface area contributed by atoms with Crippen molar-refractivity contribution in [2.75, 3.05) is 13.2 Å². The molecule has 0 bridgehead atoms. The number of rotatable bonds is 6. The molecule has 0 aliphatic carbocycles. The molecule has 0 aromatic heterocycles. The van der Waals surface area contributed by atoms with Crippen LogP contribution >= 0.6 is 11.6 Å². The Labute approximate surface area is 127 Å². The molecule has 0 unspecified atom stereocenters. The van der Waals surface area contributed by atoms with E-state index in [0.29, 0.717) is 23.7 Å². The zero-order chi connectivity index (χ0) is 15.1. The van der Waals surface area contributed by atoms with E-state index in [-0.39, 0.29) is 18.3 Å². The van der Waals surface area contributed by atoms with Crippen LogP contribution in [0.5, 0.6) is 5.75 Å². The first-order chi connectivity index (χ1) is 10.1. The SMILES string of the molecule is O=C(COc1cccc(Cl)c1)NCCc1ccc(F)cc1. The van der Waals surface area contributed by atoms with Crippen LogP contribution in [0.15, 0.2) is 48.5 Å². The van der Waals surface area contributed by atoms with Crippen molar-refractivity contribution in [1.29, 1.82) is 0 Å². The molecule has 2 aromatic carbocycles. The first-order valence-corrected chi connectivity index (χ1v) is 6.91. The van der Waals surface area contributed by atoms with E-state index in [2.05, 4.69) is 5.32 Å². The number of amides is 1. The molecule has 1 amide bonds. The average Bonchev–Trinajstić information content (AvgIpc) is 2.47. The fourth-order valence-electron chi connectivity index (χ4n) is 1.75. The molecule has 21 heavy (non-hydrogen) atoms. The van der Waals surface area contributed by atoms with E-state index in [9.17, 15) is 9.18 Å². The van der Waals surface area contributed by atoms with Gasteiger partial charge in [0.25, 0.3) is 5.91 Å². The normalized spacial score (nSPS) is 10.2. The number of carbonyl (C=O) groups is 1. The third-order valence-corrected chi connectivity index (χ3v) is 3.05. The van der Waals surface area contributed by atoms with Gasteiger partial charge in [-0.05, 0) is 42.3 Å². The zero-order valence-electron chi connectivity index (χ0n) is 11.3. The number of benzene rings is 2. The fourth-order valence-corrected chi connectivity index (χ4v) is 1.93. The highest BCUT2D eigenvalue weighted by Crippen LogP contribution is 2.16. The second-order valence-corrected chi connectivity index (χ2v) is 4.91. The van der Waals surface area contributed by atoms with Crippen molar-refractivity contribution in [2.45, 2.75) is 6.42 Å². The van der Waals surface area contributed by atoms with E-state index in [0.717, 1.165) is 5.56 Å². The number of hydrogen-bond donors (Lipinski definition) is 1. The van der Waals surface area contributed by atoms with Gasteiger partial charge >= 0.3 is 0 Å². The Balaban J connectivity index is 1.69. The van der Waals surface area contributed by atoms with Crippen molar-refractivity contribution in [3.8, 4) is 5.75 Å². The molecule has 0 spiro atoms. The van der Waals surface area contributed by atoms with Crippen LogP contribution in [0.1, 0.15) is 5.56 Å². The monoisotopic (exact) mass is 307 g/mol. The van der Waals surface area contributed by atoms with E-state index in [1.807, 2.05) is 0 Å². The Bertz CT molecular complexity index is 601. The highest BCUT2D eigenvalue weighted by molar-refractivity contribution is 6.30. The summed E-state index contributed by atoms with van der Waals surface area (Å²) in [6.45, 7) is 0.410. The van der Waals surface area contributed by atoms with Crippen LogP contribution in [-0.2, 0) is 11.2 Å². The number of nitrogens with one attached hydrogen (secondary N) is 1. The van der Waals surface area contributed by atoms with Gasteiger partial charge in [-0.25, -0.2) is 4.39 Å². The van der Waals surface area contributed by atoms with E-state index >= 15 is 0 Å². The first-order valence-electron chi connectivity index (χ1n) is 6.53. The van der Waals surface area contributed by atoms with Gasteiger partial charge in [-0.2, -0.15) is 0 Å². The molecule has 3 nitrogen and oxygen atoms in total. The van der Waals surface area contributed by atoms with Crippen LogP contribution in [0.2, 0.25) is 5.02 Å². The lowest BCUT2D eigenvalue weighted by Gasteiger charge is -2.08. The molecular weight excluding hydrogens is 293 g/mol. The molecule has 0 heterocycles. The maximum Gasteiger partial charge on any atom is 0.257 e. The highest BCUT2D eigenvalue weighted by Gasteiger charge is 2.03. The standard InChI is InChI=1S/C16H15ClFNO2/c17-13-2-1-3-15(10-13)21-11-16(20)19-9-8-12-4-6-14(18)7-5-12/h1-7,10H,8-9,11H2,(H,19,20). The molecule has 0 fully saturated rings. The Morgan fingerprint density at radius 3 is 2.67 bits per heavy atom. The van der Waals surface area contributed by atoms with Crippen molar-refractivity contribution in [1.82, 2.24) is 5.32 Å². The summed E-state index contributed by atoms with van der Waals surface area (Å²) < 4.78 is 18.1. The van der Waals surface area contributed by atoms with Crippen molar-refractivity contribution in [2.24, 2.45) is 0 Å². The number of ether oxygens (including phenoxy) is 1. The van der Waals surface area contributed by atoms with Gasteiger partial charge in [0.05, 0.1) is 0 Å². The van der Waals surface area contributed by atoms with Crippen LogP contribution in [0.25, 0.3) is 0 Å². The van der Waals surface area contributed by atoms with E-state index in [1.54, 1.807) is 36.4 Å². The Kier molecular flexibility index (Phi) is 5.58. The molecule has 0 aliphatic heterocycles. The van der Waals surface area contributed by atoms with Gasteiger partial charge in [0.2, 0.25) is 0 Å². The first kappa shape index (κ1) is 15.3. The lowest BCUT2D eigenvalue weighted by Crippen LogP contribution is -2.30. The molecule has 0 aliphatic rings. The summed E-state index contributed by atoms with van der Waals surface area (Å²) in [4.78, 5) is 11.6. The Morgan fingerprint density at radius 2 is 1.95 bits per heavy atom. The molecule has 1 N–H and O–H groups in total. The largest absolute Gasteiger partial charge is 0.484 e. The lowest BCUT2D eigenvalue weighted by molar-refractivity contribution is -0.123. The molecule has 2 aromatic rings. The van der Waals surface area contributed by atoms with Crippen LogP contribution in [0.3, 0.4) is 0 Å². The number of halogens is 2. The maximum absolute atomic E-state index is 12.7. The zero-order valence-corrected chi connectivity index (χ0v) is 12.1. The fraction of sp³-hybridized carbons (Fsp3) is 0.188. The summed E-state index contributed by atoms with van der Waals surface area (Å²) in [6, 6.07) is 13.1. The third-order valence-electron chi connectivity index (χ3n) is 2.82. The van der Waals surface area contributed by atoms with Crippen molar-refractivity contribution in [3.63, 3.8) is 0 Å². The summed E-state index contributed by atoms with van der Waals surface area (Å²) in [6.07, 6.45) is 0.642. The van der Waals surface area contributed by atoms with Crippen LogP contribution in [0.4, 0.5) is 4.39 Å². The molecule has 0 saturated heterocycles. The minimum Gasteiger partial charge on any atom is -0.484 e. The van der Waals surface area contributed by atoms with Gasteiger partial charge in [0.1, 0.15) is 11.6 Å². The van der Waals surface area contributed by atoms with E-state index < -0.39 is 0 Å². The minimum absolute atomic E-state index is 0.0657. The van der Waals surface area contributed by atoms with Gasteiger partial charge < -0.3 is 10.1 Å². The minimum atomic E-state index is -0.266. The van der Waals surface area contributed by atoms with E-state index in [1.165, 1.54) is 12.1 Å². The molecule has 0 atom stereocenters. The lowest BCUT2D eigenvalue weighted by atomic mass is 10.1. The van der Waals surface area contributed by atoms with Gasteiger partial charge in [0, 0.05) is 11.6 Å². The Hall–Kier alpha value is -2.07. The van der Waals surface area contributed by atoms with Gasteiger partial charge in [0.15, 0.2) is 6.61 Å². The quantitative estimate of drug-likeness (QED) is 0.890. The second-order valence-electron chi connectivity index (χ2n) is 4.47. The molecule has 0 saturated carbocycles. The van der Waals surface area contributed by atoms with Crippen molar-refractivity contribution in [3.05, 3.63) is 64.9 Å². The topological polar surface area (TPSA) is 38.3 Å². The summed E-state index contributed by atoms with van der Waals surface area (Å²) in [7, 11) is 0. The molecule has 110 valence electrons. The predicted molar refractivity (Wildman–Crippen MR) is 80.1 cm³/mol. The van der Waals surface area contributed by atoms with Crippen molar-refractivity contribution >= 4 is 17.5 Å². The summed E-state index contributed by atoms with van der Waals surface area (Å²) in [5, 5.41) is 3.30. The molecular formula is C16H15ClFNO2. The van der Waals surface area contributed by atoms with Crippen LogP contribution < -0.4 is 10.1 Å². The number of carbonyl (C=O) groups excluding carboxylic acids is 1. The summed E-state index contributed by atoms with van der Waals surface area (Å²) in [5.41, 5.74) is 0.965. The third kappa shape index (κ3) is 5.44.